The fourth-order valence-corrected chi connectivity index (χ4v) is 5.32. The minimum atomic E-state index is -4.58. The average Bonchev–Trinajstić information content (AvgIpc) is 3.33. The fraction of sp³-hybridized carbons (Fsp3) is 0.476. The number of amides is 1. The number of rotatable bonds is 9. The lowest BCUT2D eigenvalue weighted by molar-refractivity contribution is -0.137. The molecular formula is C21H22ClF3N2O4S2. The van der Waals surface area contributed by atoms with Crippen LogP contribution in [0.5, 0.6) is 5.75 Å². The minimum Gasteiger partial charge on any atom is -0.490 e. The summed E-state index contributed by atoms with van der Waals surface area (Å²) in [5, 5.41) is 1.13. The molecule has 33 heavy (non-hydrogen) atoms. The summed E-state index contributed by atoms with van der Waals surface area (Å²) in [5.41, 5.74) is -0.713. The van der Waals surface area contributed by atoms with Crippen LogP contribution in [0, 0.1) is 0 Å². The first-order valence-corrected chi connectivity index (χ1v) is 12.4. The van der Waals surface area contributed by atoms with E-state index in [1.54, 1.807) is 24.1 Å². The molecule has 12 heteroatoms. The minimum absolute atomic E-state index is 0.0415. The van der Waals surface area contributed by atoms with Gasteiger partial charge in [0.15, 0.2) is 10.0 Å². The molecule has 1 aromatic heterocycles. The summed E-state index contributed by atoms with van der Waals surface area (Å²) in [6.07, 6.45) is -3.93. The number of alkyl halides is 3. The normalized spacial score (nSPS) is 16.5. The molecule has 2 heterocycles. The largest absolute Gasteiger partial charge is 0.490 e. The Morgan fingerprint density at radius 2 is 2.15 bits per heavy atom. The second-order valence-corrected chi connectivity index (χ2v) is 10.1. The number of carbonyl (C=O) groups is 2. The Balaban J connectivity index is 1.54. The molecule has 1 aromatic carbocycles. The molecule has 180 valence electrons. The van der Waals surface area contributed by atoms with Crippen LogP contribution in [0.1, 0.15) is 42.7 Å². The van der Waals surface area contributed by atoms with Gasteiger partial charge in [-0.2, -0.15) is 13.2 Å². The molecule has 1 atom stereocenters. The van der Waals surface area contributed by atoms with E-state index >= 15 is 0 Å². The van der Waals surface area contributed by atoms with Crippen molar-refractivity contribution in [3.05, 3.63) is 39.9 Å². The van der Waals surface area contributed by atoms with Crippen molar-refractivity contribution < 1.29 is 32.2 Å². The third kappa shape index (κ3) is 6.77. The molecule has 0 N–H and O–H groups in total. The first-order valence-electron chi connectivity index (χ1n) is 10.1. The third-order valence-corrected chi connectivity index (χ3v) is 7.14. The number of aromatic nitrogens is 1. The SMILES string of the molecule is CC(C)OC(=O)c1csc(SCCN2C(=O)CC[C@@H]2COc2cccc(C(F)(F)F)c2Cl)n1. The molecule has 1 amide bonds. The molecular weight excluding hydrogens is 501 g/mol. The Morgan fingerprint density at radius 1 is 1.39 bits per heavy atom. The van der Waals surface area contributed by atoms with Crippen LogP contribution in [0.3, 0.4) is 0 Å². The lowest BCUT2D eigenvalue weighted by atomic mass is 10.2. The predicted molar refractivity (Wildman–Crippen MR) is 120 cm³/mol. The molecule has 1 saturated heterocycles. The first-order chi connectivity index (χ1) is 15.6. The highest BCUT2D eigenvalue weighted by Gasteiger charge is 2.35. The molecule has 0 unspecified atom stereocenters. The highest BCUT2D eigenvalue weighted by molar-refractivity contribution is 8.01. The standard InChI is InChI=1S/C21H22ClF3N2O4S2/c1-12(2)31-19(29)15-11-33-20(26-15)32-9-8-27-13(6-7-17(27)28)10-30-16-5-3-4-14(18(16)22)21(23,24)25/h3-5,11-13H,6-10H2,1-2H3/t13-/m1/s1. The highest BCUT2D eigenvalue weighted by atomic mass is 35.5. The van der Waals surface area contributed by atoms with Crippen LogP contribution in [-0.2, 0) is 15.7 Å². The summed E-state index contributed by atoms with van der Waals surface area (Å²) in [6, 6.07) is 3.23. The van der Waals surface area contributed by atoms with Crippen LogP contribution in [-0.4, -0.2) is 52.8 Å². The van der Waals surface area contributed by atoms with E-state index in [-0.39, 0.29) is 36.1 Å². The smallest absolute Gasteiger partial charge is 0.417 e. The van der Waals surface area contributed by atoms with Crippen LogP contribution in [0.2, 0.25) is 5.02 Å². The molecule has 0 bridgehead atoms. The number of hydrogen-bond donors (Lipinski definition) is 0. The van der Waals surface area contributed by atoms with Gasteiger partial charge in [-0.15, -0.1) is 11.3 Å². The number of benzene rings is 1. The monoisotopic (exact) mass is 522 g/mol. The van der Waals surface area contributed by atoms with Crippen molar-refractivity contribution in [1.82, 2.24) is 9.88 Å². The molecule has 1 aliphatic heterocycles. The molecule has 0 aliphatic carbocycles. The number of likely N-dealkylation sites (tertiary alicyclic amines) is 1. The van der Waals surface area contributed by atoms with Crippen molar-refractivity contribution in [2.24, 2.45) is 0 Å². The molecule has 1 fully saturated rings. The van der Waals surface area contributed by atoms with Gasteiger partial charge in [0, 0.05) is 24.1 Å². The van der Waals surface area contributed by atoms with Crippen LogP contribution >= 0.6 is 34.7 Å². The lowest BCUT2D eigenvalue weighted by Crippen LogP contribution is -2.38. The first kappa shape index (κ1) is 25.6. The molecule has 0 spiro atoms. The molecule has 6 nitrogen and oxygen atoms in total. The summed E-state index contributed by atoms with van der Waals surface area (Å²) in [7, 11) is 0. The zero-order valence-electron chi connectivity index (χ0n) is 17.9. The van der Waals surface area contributed by atoms with Gasteiger partial charge >= 0.3 is 12.1 Å². The highest BCUT2D eigenvalue weighted by Crippen LogP contribution is 2.39. The van der Waals surface area contributed by atoms with Gasteiger partial charge in [-0.25, -0.2) is 9.78 Å². The summed E-state index contributed by atoms with van der Waals surface area (Å²) >= 11 is 8.61. The van der Waals surface area contributed by atoms with Crippen LogP contribution in [0.4, 0.5) is 13.2 Å². The van der Waals surface area contributed by atoms with E-state index in [9.17, 15) is 22.8 Å². The summed E-state index contributed by atoms with van der Waals surface area (Å²) in [4.78, 5) is 30.1. The Kier molecular flexibility index (Phi) is 8.52. The van der Waals surface area contributed by atoms with Gasteiger partial charge in [-0.3, -0.25) is 4.79 Å². The van der Waals surface area contributed by atoms with Crippen molar-refractivity contribution in [2.45, 2.75) is 49.4 Å². The van der Waals surface area contributed by atoms with Gasteiger partial charge in [-0.05, 0) is 32.4 Å². The number of hydrogen-bond acceptors (Lipinski definition) is 7. The molecule has 0 radical (unpaired) electrons. The Bertz CT molecular complexity index is 1000. The van der Waals surface area contributed by atoms with Gasteiger partial charge in [-0.1, -0.05) is 29.4 Å². The maximum Gasteiger partial charge on any atom is 0.417 e. The van der Waals surface area contributed by atoms with Crippen LogP contribution < -0.4 is 4.74 Å². The maximum atomic E-state index is 13.0. The number of ether oxygens (including phenoxy) is 2. The van der Waals surface area contributed by atoms with Crippen molar-refractivity contribution >= 4 is 46.6 Å². The number of thioether (sulfide) groups is 1. The number of nitrogens with zero attached hydrogens (tertiary/aromatic N) is 2. The lowest BCUT2D eigenvalue weighted by Gasteiger charge is -2.25. The Labute approximate surface area is 202 Å². The number of thiazole rings is 1. The Hall–Kier alpha value is -1.98. The van der Waals surface area contributed by atoms with Crippen molar-refractivity contribution in [2.75, 3.05) is 18.9 Å². The topological polar surface area (TPSA) is 68.7 Å². The molecule has 1 aliphatic rings. The van der Waals surface area contributed by atoms with E-state index in [4.69, 9.17) is 21.1 Å². The number of carbonyl (C=O) groups excluding carboxylic acids is 2. The predicted octanol–water partition coefficient (Wildman–Crippen LogP) is 5.54. The van der Waals surface area contributed by atoms with E-state index in [1.807, 2.05) is 0 Å². The van der Waals surface area contributed by atoms with Gasteiger partial charge < -0.3 is 14.4 Å². The van der Waals surface area contributed by atoms with Crippen molar-refractivity contribution in [1.29, 1.82) is 0 Å². The van der Waals surface area contributed by atoms with E-state index in [0.717, 1.165) is 6.07 Å². The fourth-order valence-electron chi connectivity index (χ4n) is 3.22. The second kappa shape index (κ2) is 11.0. The molecule has 2 aromatic rings. The summed E-state index contributed by atoms with van der Waals surface area (Å²) in [6.45, 7) is 3.97. The van der Waals surface area contributed by atoms with Crippen LogP contribution in [0.15, 0.2) is 27.9 Å². The van der Waals surface area contributed by atoms with E-state index in [0.29, 0.717) is 29.5 Å². The third-order valence-electron chi connectivity index (χ3n) is 4.75. The summed E-state index contributed by atoms with van der Waals surface area (Å²) < 4.78 is 50.5. The van der Waals surface area contributed by atoms with Gasteiger partial charge in [0.2, 0.25) is 5.91 Å². The van der Waals surface area contributed by atoms with Crippen LogP contribution in [0.25, 0.3) is 0 Å². The average molecular weight is 523 g/mol. The second-order valence-electron chi connectivity index (χ2n) is 7.51. The van der Waals surface area contributed by atoms with E-state index < -0.39 is 22.7 Å². The van der Waals surface area contributed by atoms with Gasteiger partial charge in [0.05, 0.1) is 22.7 Å². The van der Waals surface area contributed by atoms with E-state index in [2.05, 4.69) is 4.98 Å². The zero-order chi connectivity index (χ0) is 24.2. The Morgan fingerprint density at radius 3 is 2.85 bits per heavy atom. The van der Waals surface area contributed by atoms with Gasteiger partial charge in [0.25, 0.3) is 0 Å². The van der Waals surface area contributed by atoms with Gasteiger partial charge in [0.1, 0.15) is 12.4 Å². The van der Waals surface area contributed by atoms with E-state index in [1.165, 1.54) is 35.2 Å². The van der Waals surface area contributed by atoms with Crippen molar-refractivity contribution in [3.8, 4) is 5.75 Å². The quantitative estimate of drug-likeness (QED) is 0.318. The zero-order valence-corrected chi connectivity index (χ0v) is 20.2. The molecule has 0 saturated carbocycles. The summed E-state index contributed by atoms with van der Waals surface area (Å²) in [5.74, 6) is -0.0459. The number of halogens is 4. The van der Waals surface area contributed by atoms with Crippen molar-refractivity contribution in [3.63, 3.8) is 0 Å². The molecule has 3 rings (SSSR count). The number of esters is 1. The maximum absolute atomic E-state index is 13.0.